The van der Waals surface area contributed by atoms with E-state index in [0.717, 1.165) is 17.9 Å². The summed E-state index contributed by atoms with van der Waals surface area (Å²) >= 11 is 1.83. The van der Waals surface area contributed by atoms with Crippen LogP contribution in [-0.4, -0.2) is 12.3 Å². The zero-order chi connectivity index (χ0) is 8.39. The second-order valence-corrected chi connectivity index (χ2v) is 3.97. The Morgan fingerprint density at radius 1 is 1.46 bits per heavy atom. The van der Waals surface area contributed by atoms with Gasteiger partial charge in [-0.25, -0.2) is 4.39 Å². The van der Waals surface area contributed by atoms with E-state index in [9.17, 15) is 4.39 Å². The molecule has 1 aliphatic heterocycles. The summed E-state index contributed by atoms with van der Waals surface area (Å²) in [7, 11) is 0. The normalized spacial score (nSPS) is 21.2. The maximum Gasteiger partial charge on any atom is 0.123 e. The molecule has 13 heavy (non-hydrogen) atoms. The molecule has 1 fully saturated rings. The molecule has 1 aromatic rings. The van der Waals surface area contributed by atoms with E-state index in [4.69, 9.17) is 0 Å². The van der Waals surface area contributed by atoms with Gasteiger partial charge in [0.2, 0.25) is 0 Å². The van der Waals surface area contributed by atoms with E-state index in [-0.39, 0.29) is 18.2 Å². The van der Waals surface area contributed by atoms with Crippen LogP contribution in [-0.2, 0) is 0 Å². The Balaban J connectivity index is 0.000000845. The molecule has 1 N–H and O–H groups in total. The maximum absolute atomic E-state index is 12.8. The Morgan fingerprint density at radius 2 is 2.31 bits per heavy atom. The number of thioether (sulfide) groups is 1. The van der Waals surface area contributed by atoms with Gasteiger partial charge in [0.05, 0.1) is 5.37 Å². The van der Waals surface area contributed by atoms with Gasteiger partial charge in [-0.3, -0.25) is 0 Å². The smallest absolute Gasteiger partial charge is 0.123 e. The van der Waals surface area contributed by atoms with Crippen LogP contribution in [0, 0.1) is 5.82 Å². The molecular formula is C9H11ClFNS. The van der Waals surface area contributed by atoms with Gasteiger partial charge < -0.3 is 5.32 Å². The molecule has 2 rings (SSSR count). The molecule has 0 saturated carbocycles. The summed E-state index contributed by atoms with van der Waals surface area (Å²) in [5.74, 6) is 0.961. The van der Waals surface area contributed by atoms with Crippen LogP contribution >= 0.6 is 24.2 Å². The molecule has 0 spiro atoms. The van der Waals surface area contributed by atoms with Crippen LogP contribution in [0.3, 0.4) is 0 Å². The second-order valence-electron chi connectivity index (χ2n) is 2.76. The number of hydrogen-bond donors (Lipinski definition) is 1. The van der Waals surface area contributed by atoms with Crippen molar-refractivity contribution in [3.05, 3.63) is 35.6 Å². The fraction of sp³-hybridized carbons (Fsp3) is 0.333. The van der Waals surface area contributed by atoms with E-state index in [1.807, 2.05) is 17.8 Å². The molecule has 1 atom stereocenters. The molecule has 0 aliphatic carbocycles. The third kappa shape index (κ3) is 2.59. The van der Waals surface area contributed by atoms with E-state index < -0.39 is 0 Å². The van der Waals surface area contributed by atoms with E-state index in [1.54, 1.807) is 12.1 Å². The van der Waals surface area contributed by atoms with E-state index >= 15 is 0 Å². The van der Waals surface area contributed by atoms with Gasteiger partial charge in [-0.2, -0.15) is 0 Å². The maximum atomic E-state index is 12.8. The van der Waals surface area contributed by atoms with Crippen LogP contribution in [0.1, 0.15) is 10.9 Å². The average Bonchev–Trinajstić information content (AvgIpc) is 2.56. The predicted octanol–water partition coefficient (Wildman–Crippen LogP) is 2.58. The molecule has 1 saturated heterocycles. The lowest BCUT2D eigenvalue weighted by atomic mass is 10.2. The second kappa shape index (κ2) is 4.84. The first-order valence-corrected chi connectivity index (χ1v) is 5.01. The molecule has 0 aromatic heterocycles. The fourth-order valence-corrected chi connectivity index (χ4v) is 2.36. The highest BCUT2D eigenvalue weighted by Gasteiger charge is 2.16. The third-order valence-corrected chi connectivity index (χ3v) is 3.08. The monoisotopic (exact) mass is 219 g/mol. The molecule has 0 bridgehead atoms. The average molecular weight is 220 g/mol. The van der Waals surface area contributed by atoms with E-state index in [1.165, 1.54) is 6.07 Å². The molecule has 1 unspecified atom stereocenters. The van der Waals surface area contributed by atoms with Gasteiger partial charge in [0.15, 0.2) is 0 Å². The van der Waals surface area contributed by atoms with Gasteiger partial charge in [0.25, 0.3) is 0 Å². The first-order chi connectivity index (χ1) is 5.86. The zero-order valence-corrected chi connectivity index (χ0v) is 8.63. The lowest BCUT2D eigenvalue weighted by Gasteiger charge is -2.08. The molecule has 1 heterocycles. The fourth-order valence-electron chi connectivity index (χ4n) is 1.31. The van der Waals surface area contributed by atoms with Gasteiger partial charge in [-0.15, -0.1) is 24.2 Å². The van der Waals surface area contributed by atoms with Crippen LogP contribution < -0.4 is 5.32 Å². The molecule has 1 aliphatic rings. The minimum atomic E-state index is -0.151. The first-order valence-electron chi connectivity index (χ1n) is 3.97. The highest BCUT2D eigenvalue weighted by Crippen LogP contribution is 2.29. The van der Waals surface area contributed by atoms with E-state index in [0.29, 0.717) is 5.37 Å². The van der Waals surface area contributed by atoms with Crippen molar-refractivity contribution in [2.45, 2.75) is 5.37 Å². The van der Waals surface area contributed by atoms with Crippen molar-refractivity contribution in [2.75, 3.05) is 12.3 Å². The molecule has 0 amide bonds. The Bertz CT molecular complexity index is 276. The summed E-state index contributed by atoms with van der Waals surface area (Å²) in [6.45, 7) is 1.02. The molecule has 72 valence electrons. The van der Waals surface area contributed by atoms with Crippen molar-refractivity contribution in [1.82, 2.24) is 5.32 Å². The summed E-state index contributed by atoms with van der Waals surface area (Å²) in [4.78, 5) is 0. The summed E-state index contributed by atoms with van der Waals surface area (Å²) in [6, 6.07) is 6.78. The summed E-state index contributed by atoms with van der Waals surface area (Å²) in [6.07, 6.45) is 0. The van der Waals surface area contributed by atoms with Gasteiger partial charge in [-0.1, -0.05) is 12.1 Å². The van der Waals surface area contributed by atoms with Crippen LogP contribution in [0.15, 0.2) is 24.3 Å². The highest BCUT2D eigenvalue weighted by molar-refractivity contribution is 7.99. The largest absolute Gasteiger partial charge is 0.301 e. The highest BCUT2D eigenvalue weighted by atomic mass is 35.5. The molecular weight excluding hydrogens is 209 g/mol. The standard InChI is InChI=1S/C9H10FNS.ClH/c10-8-3-1-2-7(6-8)9-11-4-5-12-9;/h1-3,6,9,11H,4-5H2;1H. The van der Waals surface area contributed by atoms with Crippen LogP contribution in [0.5, 0.6) is 0 Å². The van der Waals surface area contributed by atoms with Gasteiger partial charge in [0.1, 0.15) is 5.82 Å². The quantitative estimate of drug-likeness (QED) is 0.779. The number of rotatable bonds is 1. The van der Waals surface area contributed by atoms with Crippen molar-refractivity contribution in [2.24, 2.45) is 0 Å². The van der Waals surface area contributed by atoms with Crippen molar-refractivity contribution in [3.8, 4) is 0 Å². The van der Waals surface area contributed by atoms with Gasteiger partial charge in [-0.05, 0) is 17.7 Å². The van der Waals surface area contributed by atoms with Crippen LogP contribution in [0.4, 0.5) is 4.39 Å². The minimum absolute atomic E-state index is 0. The van der Waals surface area contributed by atoms with Gasteiger partial charge >= 0.3 is 0 Å². The number of nitrogens with one attached hydrogen (secondary N) is 1. The Hall–Kier alpha value is -0.250. The van der Waals surface area contributed by atoms with Crippen LogP contribution in [0.2, 0.25) is 0 Å². The molecule has 4 heteroatoms. The minimum Gasteiger partial charge on any atom is -0.301 e. The van der Waals surface area contributed by atoms with Crippen LogP contribution in [0.25, 0.3) is 0 Å². The number of hydrogen-bond acceptors (Lipinski definition) is 2. The topological polar surface area (TPSA) is 12.0 Å². The summed E-state index contributed by atoms with van der Waals surface area (Å²) in [5, 5.41) is 3.59. The lowest BCUT2D eigenvalue weighted by Crippen LogP contribution is -2.11. The molecule has 1 aromatic carbocycles. The Morgan fingerprint density at radius 3 is 2.92 bits per heavy atom. The molecule has 0 radical (unpaired) electrons. The Kier molecular flexibility index (Phi) is 4.03. The summed E-state index contributed by atoms with van der Waals surface area (Å²) in [5.41, 5.74) is 1.04. The number of halogens is 2. The van der Waals surface area contributed by atoms with Crippen molar-refractivity contribution < 1.29 is 4.39 Å². The first kappa shape index (κ1) is 10.8. The third-order valence-electron chi connectivity index (χ3n) is 1.87. The lowest BCUT2D eigenvalue weighted by molar-refractivity contribution is 0.622. The van der Waals surface area contributed by atoms with Crippen molar-refractivity contribution in [1.29, 1.82) is 0 Å². The number of benzene rings is 1. The van der Waals surface area contributed by atoms with E-state index in [2.05, 4.69) is 5.32 Å². The van der Waals surface area contributed by atoms with Gasteiger partial charge in [0, 0.05) is 12.3 Å². The molecule has 1 nitrogen and oxygen atoms in total. The summed E-state index contributed by atoms with van der Waals surface area (Å²) < 4.78 is 12.8. The SMILES string of the molecule is Cl.Fc1cccc(C2NCCS2)c1. The predicted molar refractivity (Wildman–Crippen MR) is 56.8 cm³/mol. The Labute approximate surface area is 87.5 Å². The van der Waals surface area contributed by atoms with Crippen molar-refractivity contribution >= 4 is 24.2 Å². The van der Waals surface area contributed by atoms with Crippen molar-refractivity contribution in [3.63, 3.8) is 0 Å². The zero-order valence-electron chi connectivity index (χ0n) is 7.00.